The minimum absolute atomic E-state index is 0.250. The molecule has 100 valence electrons. The van der Waals surface area contributed by atoms with Gasteiger partial charge in [0.2, 0.25) is 0 Å². The number of hydrogen-bond donors (Lipinski definition) is 0. The summed E-state index contributed by atoms with van der Waals surface area (Å²) in [4.78, 5) is 6.11. The lowest BCUT2D eigenvalue weighted by Crippen LogP contribution is -1.92. The predicted molar refractivity (Wildman–Crippen MR) is 89.1 cm³/mol. The summed E-state index contributed by atoms with van der Waals surface area (Å²) < 4.78 is 8.49. The minimum Gasteiger partial charge on any atom is -0.441 e. The summed E-state index contributed by atoms with van der Waals surface area (Å²) in [5.41, 5.74) is 1.78. The molecule has 1 atom stereocenters. The molecule has 1 aromatic carbocycles. The van der Waals surface area contributed by atoms with Crippen LogP contribution < -0.4 is 0 Å². The van der Waals surface area contributed by atoms with Crippen molar-refractivity contribution >= 4 is 59.1 Å². The van der Waals surface area contributed by atoms with Gasteiger partial charge in [0, 0.05) is 20.7 Å². The maximum atomic E-state index is 5.78. The molecule has 0 saturated heterocycles. The van der Waals surface area contributed by atoms with Gasteiger partial charge in [-0.05, 0) is 29.6 Å². The Bertz CT molecular complexity index is 815. The quantitative estimate of drug-likeness (QED) is 0.431. The monoisotopic (exact) mass is 363 g/mol. The van der Waals surface area contributed by atoms with Gasteiger partial charge < -0.3 is 4.42 Å². The maximum absolute atomic E-state index is 5.78. The summed E-state index contributed by atoms with van der Waals surface area (Å²) in [6, 6.07) is 12.3. The average molecular weight is 364 g/mol. The largest absolute Gasteiger partial charge is 0.441 e. The number of alkyl halides is 1. The molecule has 4 rings (SSSR count). The Labute approximate surface area is 132 Å². The number of benzene rings is 1. The Morgan fingerprint density at radius 2 is 2.10 bits per heavy atom. The summed E-state index contributed by atoms with van der Waals surface area (Å²) >= 11 is 7.38. The van der Waals surface area contributed by atoms with E-state index >= 15 is 0 Å². The fraction of sp³-hybridized carbons (Fsp3) is 0.133. The first kappa shape index (κ1) is 12.6. The van der Waals surface area contributed by atoms with E-state index in [-0.39, 0.29) is 4.83 Å². The summed E-state index contributed by atoms with van der Waals surface area (Å²) in [7, 11) is 0. The van der Waals surface area contributed by atoms with E-state index in [0.717, 1.165) is 23.4 Å². The van der Waals surface area contributed by atoms with Crippen LogP contribution in [0.15, 0.2) is 46.2 Å². The van der Waals surface area contributed by atoms with E-state index in [1.807, 2.05) is 35.6 Å². The van der Waals surface area contributed by atoms with Crippen molar-refractivity contribution in [2.24, 2.45) is 0 Å². The third kappa shape index (κ3) is 2.20. The van der Waals surface area contributed by atoms with Crippen LogP contribution in [0.3, 0.4) is 0 Å². The molecule has 0 bridgehead atoms. The van der Waals surface area contributed by atoms with Crippen molar-refractivity contribution in [1.29, 1.82) is 0 Å². The number of thiophene rings is 2. The number of fused-ring (bicyclic) bond motifs is 2. The van der Waals surface area contributed by atoms with E-state index in [9.17, 15) is 0 Å². The second kappa shape index (κ2) is 4.98. The SMILES string of the molecule is BrC(Cc1nc2ccccc2o1)c1cc2sccc2s1. The van der Waals surface area contributed by atoms with Crippen LogP contribution in [0.5, 0.6) is 0 Å². The number of oxazole rings is 1. The van der Waals surface area contributed by atoms with E-state index in [1.54, 1.807) is 11.3 Å². The molecule has 0 saturated carbocycles. The van der Waals surface area contributed by atoms with E-state index in [0.29, 0.717) is 0 Å². The zero-order chi connectivity index (χ0) is 13.5. The first-order chi connectivity index (χ1) is 9.79. The number of hydrogen-bond acceptors (Lipinski definition) is 4. The second-order valence-electron chi connectivity index (χ2n) is 4.54. The predicted octanol–water partition coefficient (Wildman–Crippen LogP) is 5.78. The van der Waals surface area contributed by atoms with Gasteiger partial charge in [0.15, 0.2) is 11.5 Å². The molecule has 0 aliphatic carbocycles. The number of nitrogens with zero attached hydrogens (tertiary/aromatic N) is 1. The molecule has 5 heteroatoms. The molecule has 0 aliphatic rings. The molecular formula is C15H10BrNOS2. The van der Waals surface area contributed by atoms with E-state index in [4.69, 9.17) is 4.42 Å². The number of aromatic nitrogens is 1. The Kier molecular flexibility index (Phi) is 3.13. The van der Waals surface area contributed by atoms with Crippen LogP contribution in [-0.4, -0.2) is 4.98 Å². The molecule has 20 heavy (non-hydrogen) atoms. The Hall–Kier alpha value is -1.17. The highest BCUT2D eigenvalue weighted by Crippen LogP contribution is 2.38. The summed E-state index contributed by atoms with van der Waals surface area (Å²) in [6.45, 7) is 0. The van der Waals surface area contributed by atoms with Gasteiger partial charge in [0.25, 0.3) is 0 Å². The van der Waals surface area contributed by atoms with Gasteiger partial charge in [-0.3, -0.25) is 0 Å². The van der Waals surface area contributed by atoms with Crippen molar-refractivity contribution in [1.82, 2.24) is 4.98 Å². The lowest BCUT2D eigenvalue weighted by atomic mass is 10.2. The Morgan fingerprint density at radius 3 is 2.95 bits per heavy atom. The standard InChI is InChI=1S/C15H10BrNOS2/c16-9(13-8-14-12(20-13)5-6-19-14)7-15-17-10-3-1-2-4-11(10)18-15/h1-6,8-9H,7H2. The van der Waals surface area contributed by atoms with E-state index in [2.05, 4.69) is 38.4 Å². The van der Waals surface area contributed by atoms with Crippen LogP contribution in [-0.2, 0) is 6.42 Å². The van der Waals surface area contributed by atoms with Crippen LogP contribution in [0.25, 0.3) is 20.5 Å². The lowest BCUT2D eigenvalue weighted by Gasteiger charge is -2.03. The molecule has 1 unspecified atom stereocenters. The molecule has 0 amide bonds. The Morgan fingerprint density at radius 1 is 1.20 bits per heavy atom. The van der Waals surface area contributed by atoms with Crippen molar-refractivity contribution in [2.45, 2.75) is 11.2 Å². The van der Waals surface area contributed by atoms with Crippen molar-refractivity contribution in [3.05, 3.63) is 52.5 Å². The minimum atomic E-state index is 0.250. The summed E-state index contributed by atoms with van der Waals surface area (Å²) in [5, 5.41) is 2.13. The third-order valence-corrected chi connectivity index (χ3v) is 6.49. The van der Waals surface area contributed by atoms with Gasteiger partial charge in [-0.25, -0.2) is 4.98 Å². The van der Waals surface area contributed by atoms with Crippen molar-refractivity contribution in [3.8, 4) is 0 Å². The van der Waals surface area contributed by atoms with Crippen molar-refractivity contribution in [2.75, 3.05) is 0 Å². The van der Waals surface area contributed by atoms with Crippen LogP contribution in [0.1, 0.15) is 15.6 Å². The third-order valence-electron chi connectivity index (χ3n) is 3.16. The molecule has 3 aromatic heterocycles. The normalized spacial score (nSPS) is 13.2. The van der Waals surface area contributed by atoms with Gasteiger partial charge in [-0.15, -0.1) is 22.7 Å². The maximum Gasteiger partial charge on any atom is 0.196 e. The highest BCUT2D eigenvalue weighted by Gasteiger charge is 2.16. The summed E-state index contributed by atoms with van der Waals surface area (Å²) in [5.74, 6) is 0.782. The van der Waals surface area contributed by atoms with E-state index in [1.165, 1.54) is 14.3 Å². The molecule has 0 radical (unpaired) electrons. The number of rotatable bonds is 3. The molecule has 2 nitrogen and oxygen atoms in total. The van der Waals surface area contributed by atoms with Crippen molar-refractivity contribution < 1.29 is 4.42 Å². The van der Waals surface area contributed by atoms with Crippen LogP contribution in [0.4, 0.5) is 0 Å². The second-order valence-corrected chi connectivity index (χ2v) is 7.71. The number of halogens is 1. The highest BCUT2D eigenvalue weighted by molar-refractivity contribution is 9.09. The molecular weight excluding hydrogens is 354 g/mol. The molecule has 0 fully saturated rings. The van der Waals surface area contributed by atoms with Gasteiger partial charge >= 0.3 is 0 Å². The molecule has 4 aromatic rings. The molecule has 0 spiro atoms. The summed E-state index contributed by atoms with van der Waals surface area (Å²) in [6.07, 6.45) is 0.766. The fourth-order valence-corrected chi connectivity index (χ4v) is 4.99. The van der Waals surface area contributed by atoms with Gasteiger partial charge in [-0.1, -0.05) is 28.1 Å². The van der Waals surface area contributed by atoms with Crippen LogP contribution >= 0.6 is 38.6 Å². The molecule has 3 heterocycles. The lowest BCUT2D eigenvalue weighted by molar-refractivity contribution is 0.528. The van der Waals surface area contributed by atoms with Crippen LogP contribution in [0.2, 0.25) is 0 Å². The highest BCUT2D eigenvalue weighted by atomic mass is 79.9. The zero-order valence-electron chi connectivity index (χ0n) is 10.4. The topological polar surface area (TPSA) is 26.0 Å². The van der Waals surface area contributed by atoms with Gasteiger partial charge in [0.05, 0.1) is 4.83 Å². The first-order valence-corrected chi connectivity index (χ1v) is 8.86. The smallest absolute Gasteiger partial charge is 0.196 e. The van der Waals surface area contributed by atoms with Crippen molar-refractivity contribution in [3.63, 3.8) is 0 Å². The Balaban J connectivity index is 1.62. The van der Waals surface area contributed by atoms with E-state index < -0.39 is 0 Å². The molecule has 0 N–H and O–H groups in total. The average Bonchev–Trinajstić information content (AvgIpc) is 3.11. The number of para-hydroxylation sites is 2. The van der Waals surface area contributed by atoms with Gasteiger partial charge in [-0.2, -0.15) is 0 Å². The van der Waals surface area contributed by atoms with Crippen LogP contribution in [0, 0.1) is 0 Å². The fourth-order valence-electron chi connectivity index (χ4n) is 2.20. The first-order valence-electron chi connectivity index (χ1n) is 6.25. The molecule has 0 aliphatic heterocycles. The zero-order valence-corrected chi connectivity index (χ0v) is 13.6. The van der Waals surface area contributed by atoms with Gasteiger partial charge in [0.1, 0.15) is 5.52 Å².